The van der Waals surface area contributed by atoms with Crippen molar-refractivity contribution in [2.75, 3.05) is 5.73 Å². The number of hydrogen-bond donors (Lipinski definition) is 1. The molecule has 8 heteroatoms. The molecule has 3 aromatic heterocycles. The van der Waals surface area contributed by atoms with E-state index in [0.717, 1.165) is 11.3 Å². The van der Waals surface area contributed by atoms with Crippen LogP contribution in [0, 0.1) is 12.7 Å². The molecule has 0 saturated carbocycles. The Morgan fingerprint density at radius 1 is 1.08 bits per heavy atom. The number of halogens is 2. The molecule has 25 heavy (non-hydrogen) atoms. The summed E-state index contributed by atoms with van der Waals surface area (Å²) in [5, 5.41) is 4.46. The van der Waals surface area contributed by atoms with Crippen molar-refractivity contribution in [3.05, 3.63) is 59.4 Å². The third-order valence-corrected chi connectivity index (χ3v) is 3.97. The number of rotatable bonds is 2. The van der Waals surface area contributed by atoms with Gasteiger partial charge in [-0.05, 0) is 48.9 Å². The summed E-state index contributed by atoms with van der Waals surface area (Å²) >= 11 is 6.13. The summed E-state index contributed by atoms with van der Waals surface area (Å²) in [5.41, 5.74) is 10.1. The number of anilines is 1. The highest BCUT2D eigenvalue weighted by Crippen LogP contribution is 2.35. The molecule has 4 aromatic rings. The standard InChI is InChI=1S/C17H12ClFN6/c1-9-6-11(7-13(18)23-9)14-15(10-2-4-12(19)5-3-10)24-17(20)25-16(14)21-8-22-25/h2-8H,1H3,(H2,20,24). The van der Waals surface area contributed by atoms with Crippen molar-refractivity contribution in [2.24, 2.45) is 0 Å². The number of aryl methyl sites for hydroxylation is 1. The third kappa shape index (κ3) is 2.68. The van der Waals surface area contributed by atoms with Crippen LogP contribution < -0.4 is 5.73 Å². The Hall–Kier alpha value is -3.06. The number of nitrogens with two attached hydrogens (primary N) is 1. The van der Waals surface area contributed by atoms with Gasteiger partial charge < -0.3 is 5.73 Å². The normalized spacial score (nSPS) is 11.2. The lowest BCUT2D eigenvalue weighted by Gasteiger charge is -2.12. The fraction of sp³-hybridized carbons (Fsp3) is 0.0588. The van der Waals surface area contributed by atoms with E-state index in [1.807, 2.05) is 13.0 Å². The largest absolute Gasteiger partial charge is 0.368 e. The maximum absolute atomic E-state index is 13.3. The molecular weight excluding hydrogens is 343 g/mol. The Balaban J connectivity index is 2.10. The Bertz CT molecular complexity index is 1070. The molecule has 3 heterocycles. The molecule has 0 atom stereocenters. The van der Waals surface area contributed by atoms with Gasteiger partial charge >= 0.3 is 0 Å². The van der Waals surface area contributed by atoms with E-state index in [1.54, 1.807) is 18.2 Å². The highest BCUT2D eigenvalue weighted by Gasteiger charge is 2.19. The van der Waals surface area contributed by atoms with Crippen LogP contribution in [0.4, 0.5) is 10.3 Å². The molecule has 0 aliphatic heterocycles. The molecule has 0 bridgehead atoms. The number of aromatic nitrogens is 5. The van der Waals surface area contributed by atoms with Crippen LogP contribution in [0.25, 0.3) is 28.0 Å². The first-order chi connectivity index (χ1) is 12.0. The van der Waals surface area contributed by atoms with Gasteiger partial charge in [0.1, 0.15) is 17.3 Å². The summed E-state index contributed by atoms with van der Waals surface area (Å²) in [4.78, 5) is 13.0. The van der Waals surface area contributed by atoms with E-state index in [1.165, 1.54) is 23.0 Å². The zero-order valence-electron chi connectivity index (χ0n) is 13.1. The molecule has 0 aliphatic carbocycles. The third-order valence-electron chi connectivity index (χ3n) is 3.78. The zero-order valence-corrected chi connectivity index (χ0v) is 13.9. The van der Waals surface area contributed by atoms with Gasteiger partial charge in [-0.15, -0.1) is 0 Å². The lowest BCUT2D eigenvalue weighted by molar-refractivity contribution is 0.628. The Morgan fingerprint density at radius 2 is 1.84 bits per heavy atom. The molecule has 0 fully saturated rings. The number of fused-ring (bicyclic) bond motifs is 1. The van der Waals surface area contributed by atoms with E-state index in [-0.39, 0.29) is 11.8 Å². The first kappa shape index (κ1) is 15.5. The van der Waals surface area contributed by atoms with Gasteiger partial charge in [0.2, 0.25) is 5.95 Å². The van der Waals surface area contributed by atoms with Crippen molar-refractivity contribution < 1.29 is 4.39 Å². The summed E-state index contributed by atoms with van der Waals surface area (Å²) in [5.74, 6) is -0.142. The Kier molecular flexibility index (Phi) is 3.58. The van der Waals surface area contributed by atoms with Crippen LogP contribution in [-0.4, -0.2) is 24.6 Å². The van der Waals surface area contributed by atoms with E-state index in [4.69, 9.17) is 17.3 Å². The minimum atomic E-state index is -0.329. The molecule has 0 amide bonds. The van der Waals surface area contributed by atoms with Crippen molar-refractivity contribution in [3.63, 3.8) is 0 Å². The van der Waals surface area contributed by atoms with E-state index in [9.17, 15) is 4.39 Å². The summed E-state index contributed by atoms with van der Waals surface area (Å²) in [6.45, 7) is 1.85. The van der Waals surface area contributed by atoms with Crippen molar-refractivity contribution in [1.82, 2.24) is 24.6 Å². The summed E-state index contributed by atoms with van der Waals surface area (Å²) in [7, 11) is 0. The SMILES string of the molecule is Cc1cc(-c2c(-c3ccc(F)cc3)nc(N)n3ncnc23)cc(Cl)n1. The lowest BCUT2D eigenvalue weighted by atomic mass is 10.0. The highest BCUT2D eigenvalue weighted by atomic mass is 35.5. The van der Waals surface area contributed by atoms with Gasteiger partial charge in [-0.1, -0.05) is 11.6 Å². The lowest BCUT2D eigenvalue weighted by Crippen LogP contribution is -2.06. The number of nitrogen functional groups attached to an aromatic ring is 1. The van der Waals surface area contributed by atoms with Gasteiger partial charge in [-0.2, -0.15) is 9.61 Å². The summed E-state index contributed by atoms with van der Waals surface area (Å²) in [6.07, 6.45) is 1.40. The van der Waals surface area contributed by atoms with E-state index in [0.29, 0.717) is 27.6 Å². The fourth-order valence-corrected chi connectivity index (χ4v) is 3.01. The van der Waals surface area contributed by atoms with Crippen LogP contribution in [-0.2, 0) is 0 Å². The Labute approximate surface area is 147 Å². The van der Waals surface area contributed by atoms with Gasteiger partial charge in [0.25, 0.3) is 0 Å². The van der Waals surface area contributed by atoms with Crippen molar-refractivity contribution >= 4 is 23.2 Å². The minimum Gasteiger partial charge on any atom is -0.368 e. The first-order valence-corrected chi connectivity index (χ1v) is 7.80. The zero-order chi connectivity index (χ0) is 17.6. The molecule has 1 aromatic carbocycles. The fourth-order valence-electron chi connectivity index (χ4n) is 2.76. The van der Waals surface area contributed by atoms with Gasteiger partial charge in [-0.3, -0.25) is 0 Å². The minimum absolute atomic E-state index is 0.187. The molecule has 6 nitrogen and oxygen atoms in total. The van der Waals surface area contributed by atoms with Crippen LogP contribution in [0.1, 0.15) is 5.69 Å². The maximum Gasteiger partial charge on any atom is 0.223 e. The van der Waals surface area contributed by atoms with Gasteiger partial charge in [0.05, 0.1) is 11.3 Å². The smallest absolute Gasteiger partial charge is 0.223 e. The van der Waals surface area contributed by atoms with Crippen molar-refractivity contribution in [2.45, 2.75) is 6.92 Å². The maximum atomic E-state index is 13.3. The van der Waals surface area contributed by atoms with E-state index >= 15 is 0 Å². The summed E-state index contributed by atoms with van der Waals surface area (Å²) in [6, 6.07) is 9.63. The Morgan fingerprint density at radius 3 is 2.56 bits per heavy atom. The van der Waals surface area contributed by atoms with Gasteiger partial charge in [0, 0.05) is 11.3 Å². The topological polar surface area (TPSA) is 82.0 Å². The molecule has 0 radical (unpaired) electrons. The average molecular weight is 355 g/mol. The van der Waals surface area contributed by atoms with Gasteiger partial charge in [-0.25, -0.2) is 19.3 Å². The second kappa shape index (κ2) is 5.78. The van der Waals surface area contributed by atoms with Crippen LogP contribution >= 0.6 is 11.6 Å². The molecular formula is C17H12ClFN6. The monoisotopic (exact) mass is 354 g/mol. The molecule has 0 aliphatic rings. The molecule has 124 valence electrons. The van der Waals surface area contributed by atoms with E-state index < -0.39 is 0 Å². The van der Waals surface area contributed by atoms with Crippen LogP contribution in [0.15, 0.2) is 42.7 Å². The average Bonchev–Trinajstić information content (AvgIpc) is 3.04. The molecule has 4 rings (SSSR count). The van der Waals surface area contributed by atoms with Crippen LogP contribution in [0.2, 0.25) is 5.15 Å². The number of nitrogens with zero attached hydrogens (tertiary/aromatic N) is 5. The summed E-state index contributed by atoms with van der Waals surface area (Å²) < 4.78 is 14.8. The highest BCUT2D eigenvalue weighted by molar-refractivity contribution is 6.29. The predicted octanol–water partition coefficient (Wildman–Crippen LogP) is 3.54. The first-order valence-electron chi connectivity index (χ1n) is 7.42. The second-order valence-electron chi connectivity index (χ2n) is 5.52. The molecule has 0 unspecified atom stereocenters. The number of hydrogen-bond acceptors (Lipinski definition) is 5. The second-order valence-corrected chi connectivity index (χ2v) is 5.90. The van der Waals surface area contributed by atoms with Gasteiger partial charge in [0.15, 0.2) is 5.65 Å². The molecule has 2 N–H and O–H groups in total. The molecule has 0 spiro atoms. The van der Waals surface area contributed by atoms with Crippen molar-refractivity contribution in [1.29, 1.82) is 0 Å². The molecule has 0 saturated heterocycles. The van der Waals surface area contributed by atoms with Crippen LogP contribution in [0.3, 0.4) is 0 Å². The quantitative estimate of drug-likeness (QED) is 0.557. The van der Waals surface area contributed by atoms with Crippen LogP contribution in [0.5, 0.6) is 0 Å². The van der Waals surface area contributed by atoms with E-state index in [2.05, 4.69) is 20.1 Å². The number of pyridine rings is 1. The predicted molar refractivity (Wildman–Crippen MR) is 93.6 cm³/mol. The van der Waals surface area contributed by atoms with Crippen molar-refractivity contribution in [3.8, 4) is 22.4 Å². The number of benzene rings is 1.